The zero-order chi connectivity index (χ0) is 13.4. The molecule has 1 N–H and O–H groups in total. The van der Waals surface area contributed by atoms with E-state index in [4.69, 9.17) is 4.42 Å². The fourth-order valence-electron chi connectivity index (χ4n) is 2.40. The Morgan fingerprint density at radius 1 is 1.58 bits per heavy atom. The van der Waals surface area contributed by atoms with Crippen molar-refractivity contribution in [3.8, 4) is 0 Å². The van der Waals surface area contributed by atoms with Crippen LogP contribution in [0.4, 0.5) is 0 Å². The molecular formula is C13H14BrN3O2. The predicted octanol–water partition coefficient (Wildman–Crippen LogP) is 1.99. The normalized spacial score (nSPS) is 15.5. The number of aromatic nitrogens is 2. The van der Waals surface area contributed by atoms with Gasteiger partial charge in [0.2, 0.25) is 0 Å². The number of rotatable bonds is 2. The molecule has 2 aromatic heterocycles. The van der Waals surface area contributed by atoms with E-state index in [0.717, 1.165) is 34.5 Å². The number of nitrogens with one attached hydrogen (secondary N) is 1. The summed E-state index contributed by atoms with van der Waals surface area (Å²) in [6.45, 7) is 4.03. The van der Waals surface area contributed by atoms with Crippen LogP contribution in [0.15, 0.2) is 26.0 Å². The van der Waals surface area contributed by atoms with Crippen LogP contribution >= 0.6 is 15.9 Å². The first-order valence-electron chi connectivity index (χ1n) is 6.16. The van der Waals surface area contributed by atoms with E-state index in [0.29, 0.717) is 18.9 Å². The Hall–Kier alpha value is -1.40. The lowest BCUT2D eigenvalue weighted by atomic mass is 10.1. The zero-order valence-electron chi connectivity index (χ0n) is 10.6. The fraction of sp³-hybridized carbons (Fsp3) is 0.385. The average molecular weight is 324 g/mol. The maximum absolute atomic E-state index is 11.9. The van der Waals surface area contributed by atoms with Crippen molar-refractivity contribution in [2.45, 2.75) is 26.4 Å². The summed E-state index contributed by atoms with van der Waals surface area (Å²) in [5.74, 6) is 1.58. The molecule has 0 aliphatic carbocycles. The van der Waals surface area contributed by atoms with Crippen LogP contribution in [0.25, 0.3) is 0 Å². The minimum absolute atomic E-state index is 0.0205. The van der Waals surface area contributed by atoms with E-state index in [1.807, 2.05) is 13.0 Å². The van der Waals surface area contributed by atoms with Gasteiger partial charge < -0.3 is 9.40 Å². The van der Waals surface area contributed by atoms with Crippen LogP contribution in [0.1, 0.15) is 22.8 Å². The number of hydrogen-bond acceptors (Lipinski definition) is 4. The van der Waals surface area contributed by atoms with Crippen molar-refractivity contribution in [2.75, 3.05) is 6.54 Å². The molecule has 2 aromatic rings. The summed E-state index contributed by atoms with van der Waals surface area (Å²) in [7, 11) is 0. The van der Waals surface area contributed by atoms with Gasteiger partial charge in [-0.15, -0.1) is 0 Å². The number of nitrogens with zero attached hydrogens (tertiary/aromatic N) is 2. The Morgan fingerprint density at radius 2 is 2.42 bits per heavy atom. The molecule has 6 heteroatoms. The third-order valence-corrected chi connectivity index (χ3v) is 3.68. The third kappa shape index (κ3) is 2.64. The second-order valence-corrected chi connectivity index (χ2v) is 5.68. The highest BCUT2D eigenvalue weighted by Crippen LogP contribution is 2.19. The van der Waals surface area contributed by atoms with Gasteiger partial charge in [-0.25, -0.2) is 4.98 Å². The van der Waals surface area contributed by atoms with Crippen molar-refractivity contribution < 1.29 is 4.42 Å². The highest BCUT2D eigenvalue weighted by atomic mass is 79.9. The van der Waals surface area contributed by atoms with E-state index in [1.54, 1.807) is 6.26 Å². The first-order chi connectivity index (χ1) is 9.11. The van der Waals surface area contributed by atoms with Crippen LogP contribution in [0.3, 0.4) is 0 Å². The lowest BCUT2D eigenvalue weighted by molar-refractivity contribution is 0.222. The second kappa shape index (κ2) is 4.94. The Bertz CT molecular complexity index is 662. The largest absolute Gasteiger partial charge is 0.467 e. The molecule has 0 atom stereocenters. The van der Waals surface area contributed by atoms with E-state index in [2.05, 4.69) is 30.8 Å². The van der Waals surface area contributed by atoms with E-state index in [1.165, 1.54) is 0 Å². The standard InChI is InChI=1S/C13H14BrN3O2/c1-8-15-12-2-3-17(6-11(12)13(18)16-8)5-10-4-9(14)7-19-10/h4,7H,2-3,5-6H2,1H3,(H,15,16,18). The molecule has 0 radical (unpaired) electrons. The topological polar surface area (TPSA) is 62.1 Å². The van der Waals surface area contributed by atoms with E-state index < -0.39 is 0 Å². The molecule has 0 amide bonds. The molecule has 5 nitrogen and oxygen atoms in total. The van der Waals surface area contributed by atoms with Crippen LogP contribution < -0.4 is 5.56 Å². The van der Waals surface area contributed by atoms with Crippen molar-refractivity contribution in [3.05, 3.63) is 50.0 Å². The highest BCUT2D eigenvalue weighted by Gasteiger charge is 2.21. The molecule has 1 aliphatic rings. The molecule has 0 saturated heterocycles. The lowest BCUT2D eigenvalue weighted by Crippen LogP contribution is -2.35. The van der Waals surface area contributed by atoms with Crippen molar-refractivity contribution in [1.82, 2.24) is 14.9 Å². The number of H-pyrrole nitrogens is 1. The van der Waals surface area contributed by atoms with E-state index >= 15 is 0 Å². The average Bonchev–Trinajstić information content (AvgIpc) is 2.75. The van der Waals surface area contributed by atoms with Crippen LogP contribution in [0.5, 0.6) is 0 Å². The summed E-state index contributed by atoms with van der Waals surface area (Å²) < 4.78 is 6.35. The lowest BCUT2D eigenvalue weighted by Gasteiger charge is -2.26. The van der Waals surface area contributed by atoms with Crippen molar-refractivity contribution in [1.29, 1.82) is 0 Å². The van der Waals surface area contributed by atoms with Crippen molar-refractivity contribution >= 4 is 15.9 Å². The highest BCUT2D eigenvalue weighted by molar-refractivity contribution is 9.10. The minimum Gasteiger partial charge on any atom is -0.467 e. The number of furan rings is 1. The Kier molecular flexibility index (Phi) is 3.28. The van der Waals surface area contributed by atoms with E-state index in [-0.39, 0.29) is 5.56 Å². The van der Waals surface area contributed by atoms with Gasteiger partial charge in [-0.1, -0.05) is 0 Å². The first kappa shape index (κ1) is 12.6. The Morgan fingerprint density at radius 3 is 3.16 bits per heavy atom. The van der Waals surface area contributed by atoms with Crippen LogP contribution in [0, 0.1) is 6.92 Å². The van der Waals surface area contributed by atoms with Gasteiger partial charge in [-0.3, -0.25) is 9.69 Å². The summed E-state index contributed by atoms with van der Waals surface area (Å²) in [5.41, 5.74) is 1.69. The molecule has 3 heterocycles. The Balaban J connectivity index is 1.80. The fourth-order valence-corrected chi connectivity index (χ4v) is 2.75. The van der Waals surface area contributed by atoms with Crippen LogP contribution in [-0.2, 0) is 19.5 Å². The zero-order valence-corrected chi connectivity index (χ0v) is 12.2. The van der Waals surface area contributed by atoms with Gasteiger partial charge in [0, 0.05) is 19.5 Å². The van der Waals surface area contributed by atoms with E-state index in [9.17, 15) is 4.79 Å². The van der Waals surface area contributed by atoms with Gasteiger partial charge >= 0.3 is 0 Å². The smallest absolute Gasteiger partial charge is 0.255 e. The number of hydrogen-bond donors (Lipinski definition) is 1. The van der Waals surface area contributed by atoms with Gasteiger partial charge in [-0.05, 0) is 28.9 Å². The van der Waals surface area contributed by atoms with Crippen molar-refractivity contribution in [3.63, 3.8) is 0 Å². The molecule has 0 spiro atoms. The minimum atomic E-state index is -0.0205. The van der Waals surface area contributed by atoms with Gasteiger partial charge in [0.05, 0.1) is 22.3 Å². The first-order valence-corrected chi connectivity index (χ1v) is 6.95. The molecule has 0 saturated carbocycles. The summed E-state index contributed by atoms with van der Waals surface area (Å²) in [6, 6.07) is 1.95. The van der Waals surface area contributed by atoms with Gasteiger partial charge in [-0.2, -0.15) is 0 Å². The molecule has 100 valence electrons. The quantitative estimate of drug-likeness (QED) is 0.918. The molecule has 0 bridgehead atoms. The third-order valence-electron chi connectivity index (χ3n) is 3.27. The predicted molar refractivity (Wildman–Crippen MR) is 73.8 cm³/mol. The van der Waals surface area contributed by atoms with Crippen LogP contribution in [0.2, 0.25) is 0 Å². The maximum Gasteiger partial charge on any atom is 0.255 e. The molecule has 0 aromatic carbocycles. The molecular weight excluding hydrogens is 310 g/mol. The SMILES string of the molecule is Cc1nc2c(c(=O)[nH]1)CN(Cc1cc(Br)co1)CC2. The molecule has 0 unspecified atom stereocenters. The van der Waals surface area contributed by atoms with Crippen molar-refractivity contribution in [2.24, 2.45) is 0 Å². The monoisotopic (exact) mass is 323 g/mol. The number of fused-ring (bicyclic) bond motifs is 1. The molecule has 0 fully saturated rings. The maximum atomic E-state index is 11.9. The van der Waals surface area contributed by atoms with Crippen LogP contribution in [-0.4, -0.2) is 21.4 Å². The van der Waals surface area contributed by atoms with Gasteiger partial charge in [0.15, 0.2) is 0 Å². The van der Waals surface area contributed by atoms with Gasteiger partial charge in [0.25, 0.3) is 5.56 Å². The Labute approximate surface area is 118 Å². The molecule has 1 aliphatic heterocycles. The number of aromatic amines is 1. The van der Waals surface area contributed by atoms with Gasteiger partial charge in [0.1, 0.15) is 17.8 Å². The summed E-state index contributed by atoms with van der Waals surface area (Å²) >= 11 is 3.37. The summed E-state index contributed by atoms with van der Waals surface area (Å²) in [5, 5.41) is 0. The summed E-state index contributed by atoms with van der Waals surface area (Å²) in [4.78, 5) is 21.3. The molecule has 3 rings (SSSR count). The second-order valence-electron chi connectivity index (χ2n) is 4.77. The molecule has 19 heavy (non-hydrogen) atoms. The summed E-state index contributed by atoms with van der Waals surface area (Å²) in [6.07, 6.45) is 2.48. The number of aryl methyl sites for hydroxylation is 1. The number of halogens is 1.